The Morgan fingerprint density at radius 2 is 1.00 bits per heavy atom. The minimum absolute atomic E-state index is 0. The van der Waals surface area contributed by atoms with Crippen molar-refractivity contribution in [3.8, 4) is 0 Å². The van der Waals surface area contributed by atoms with Gasteiger partial charge in [-0.15, -0.1) is 0 Å². The summed E-state index contributed by atoms with van der Waals surface area (Å²) in [5, 5.41) is 0. The third-order valence-corrected chi connectivity index (χ3v) is 0. The number of rotatable bonds is 0. The van der Waals surface area contributed by atoms with E-state index in [-0.39, 0.29) is 115 Å². The van der Waals surface area contributed by atoms with E-state index in [1.807, 2.05) is 0 Å². The van der Waals surface area contributed by atoms with E-state index in [9.17, 15) is 0 Å². The van der Waals surface area contributed by atoms with Gasteiger partial charge in [-0.3, -0.25) is 0 Å². The van der Waals surface area contributed by atoms with Crippen LogP contribution in [0.2, 0.25) is 0 Å². The van der Waals surface area contributed by atoms with Crippen LogP contribution in [0.25, 0.3) is 0 Å². The van der Waals surface area contributed by atoms with E-state index in [0.29, 0.717) is 0 Å². The Kier molecular flexibility index (Phi) is 349. The van der Waals surface area contributed by atoms with Crippen molar-refractivity contribution in [3.05, 3.63) is 0 Å². The van der Waals surface area contributed by atoms with Gasteiger partial charge in [0.1, 0.15) is 0 Å². The van der Waals surface area contributed by atoms with Gasteiger partial charge in [-0.1, -0.05) is 0 Å². The van der Waals surface area contributed by atoms with Crippen LogP contribution in [0.15, 0.2) is 0 Å². The largest absolute Gasteiger partial charge is 0 e. The molecule has 6 heavy (non-hydrogen) atoms. The van der Waals surface area contributed by atoms with Crippen LogP contribution < -0.4 is 0 Å². The molecule has 0 spiro atoms. The molecule has 0 rings (SSSR count). The summed E-state index contributed by atoms with van der Waals surface area (Å²) < 4.78 is 0. The maximum Gasteiger partial charge on any atom is 0 e. The zero-order valence-corrected chi connectivity index (χ0v) is 14.1. The van der Waals surface area contributed by atoms with Crippen LogP contribution in [0.5, 0.6) is 0 Å². The summed E-state index contributed by atoms with van der Waals surface area (Å²) in [5.74, 6) is 0. The fraction of sp³-hybridized carbons (Fsp3) is 0. The first-order valence-corrected chi connectivity index (χ1v) is 0. The summed E-state index contributed by atoms with van der Waals surface area (Å²) in [5.41, 5.74) is 0. The SMILES string of the molecule is [Cd].[Cr].[Cu].[Fe].[Ni].[Zn]. The summed E-state index contributed by atoms with van der Waals surface area (Å²) in [6.07, 6.45) is 0. The number of hydrogen-bond donors (Lipinski definition) is 0. The molecule has 0 aromatic heterocycles. The van der Waals surface area contributed by atoms with Gasteiger partial charge in [-0.05, 0) is 0 Å². The molecule has 0 heterocycles. The molecule has 0 N–H and O–H groups in total. The Morgan fingerprint density at radius 1 is 1.00 bits per heavy atom. The first kappa shape index (κ1) is 54.7. The zero-order chi connectivity index (χ0) is 0. The Balaban J connectivity index is 0. The molecule has 0 aromatic carbocycles. The van der Waals surface area contributed by atoms with Gasteiger partial charge in [-0.25, -0.2) is 0 Å². The van der Waals surface area contributed by atoms with E-state index in [2.05, 4.69) is 0 Å². The minimum atomic E-state index is 0. The zero-order valence-electron chi connectivity index (χ0n) is 2.79. The van der Waals surface area contributed by atoms with Gasteiger partial charge in [0.2, 0.25) is 0 Å². The smallest absolute Gasteiger partial charge is 0 e. The molecule has 1 radical (unpaired) electrons. The van der Waals surface area contributed by atoms with E-state index in [1.165, 1.54) is 0 Å². The molecule has 0 atom stereocenters. The van der Waals surface area contributed by atoms with Gasteiger partial charge < -0.3 is 0 Å². The van der Waals surface area contributed by atoms with E-state index >= 15 is 0 Å². The van der Waals surface area contributed by atoms with Gasteiger partial charge in [-0.2, -0.15) is 0 Å². The predicted octanol–water partition coefficient (Wildman–Crippen LogP) is -0.0150. The molecule has 0 saturated heterocycles. The average molecular weight is 408 g/mol. The summed E-state index contributed by atoms with van der Waals surface area (Å²) in [7, 11) is 0. The summed E-state index contributed by atoms with van der Waals surface area (Å²) in [6.45, 7) is 0. The second kappa shape index (κ2) is 38.3. The monoisotopic (exact) mass is 407 g/mol. The van der Waals surface area contributed by atoms with Gasteiger partial charge in [0.05, 0.1) is 0 Å². The van der Waals surface area contributed by atoms with Crippen LogP contribution in [0, 0.1) is 0 Å². The van der Waals surface area contributed by atoms with Crippen LogP contribution in [0.4, 0.5) is 0 Å². The normalized spacial score (nSPS) is 0. The Labute approximate surface area is 113 Å². The van der Waals surface area contributed by atoms with Crippen molar-refractivity contribution in [3.63, 3.8) is 0 Å². The Bertz CT molecular complexity index is 15.5. The third kappa shape index (κ3) is 25.5. The van der Waals surface area contributed by atoms with Crippen molar-refractivity contribution in [1.29, 1.82) is 0 Å². The maximum absolute atomic E-state index is 0. The molecule has 39 valence electrons. The van der Waals surface area contributed by atoms with Crippen molar-refractivity contribution in [2.24, 2.45) is 0 Å². The molecule has 6 heteroatoms. The van der Waals surface area contributed by atoms with Gasteiger partial charge in [0, 0.05) is 115 Å². The van der Waals surface area contributed by atoms with Crippen LogP contribution in [-0.4, -0.2) is 0 Å². The van der Waals surface area contributed by atoms with Gasteiger partial charge in [0.15, 0.2) is 0 Å². The van der Waals surface area contributed by atoms with Crippen molar-refractivity contribution < 1.29 is 115 Å². The fourth-order valence-corrected chi connectivity index (χ4v) is 0. The molecular weight excluding hydrogens is 408 g/mol. The van der Waals surface area contributed by atoms with E-state index in [1.54, 1.807) is 0 Å². The molecule has 0 aromatic rings. The second-order valence-corrected chi connectivity index (χ2v) is 0. The average Bonchev–Trinajstić information content (AvgIpc) is 0. The first-order chi connectivity index (χ1) is 0. The first-order valence-electron chi connectivity index (χ1n) is 0. The molecule has 0 aliphatic heterocycles. The van der Waals surface area contributed by atoms with Crippen molar-refractivity contribution in [2.75, 3.05) is 0 Å². The summed E-state index contributed by atoms with van der Waals surface area (Å²) >= 11 is 0. The van der Waals surface area contributed by atoms with Gasteiger partial charge >= 0.3 is 0 Å². The van der Waals surface area contributed by atoms with Crippen LogP contribution in [0.3, 0.4) is 0 Å². The molecule has 0 bridgehead atoms. The molecule has 0 nitrogen and oxygen atoms in total. The van der Waals surface area contributed by atoms with E-state index < -0.39 is 0 Å². The standard InChI is InChI=1S/Cd.Cr.Cu.Fe.Ni.Zn. The Morgan fingerprint density at radius 3 is 1.00 bits per heavy atom. The number of hydrogen-bond acceptors (Lipinski definition) is 0. The summed E-state index contributed by atoms with van der Waals surface area (Å²) in [4.78, 5) is 0. The van der Waals surface area contributed by atoms with Crippen molar-refractivity contribution in [2.45, 2.75) is 0 Å². The van der Waals surface area contributed by atoms with Crippen molar-refractivity contribution >= 4 is 0 Å². The maximum atomic E-state index is 0. The van der Waals surface area contributed by atoms with Crippen LogP contribution >= 0.6 is 0 Å². The van der Waals surface area contributed by atoms with Crippen molar-refractivity contribution in [1.82, 2.24) is 0 Å². The van der Waals surface area contributed by atoms with Gasteiger partial charge in [0.25, 0.3) is 0 Å². The molecule has 0 aliphatic carbocycles. The van der Waals surface area contributed by atoms with Crippen LogP contribution in [0.1, 0.15) is 0 Å². The summed E-state index contributed by atoms with van der Waals surface area (Å²) in [6, 6.07) is 0. The second-order valence-electron chi connectivity index (χ2n) is 0. The predicted molar refractivity (Wildman–Crippen MR) is 0 cm³/mol. The molecule has 0 saturated carbocycles. The molecule has 0 amide bonds. The quantitative estimate of drug-likeness (QED) is 0.495. The van der Waals surface area contributed by atoms with E-state index in [4.69, 9.17) is 0 Å². The Hall–Kier alpha value is 3.61. The molecule has 0 unspecified atom stereocenters. The molecule has 0 aliphatic rings. The minimum Gasteiger partial charge on any atom is 0 e. The third-order valence-electron chi connectivity index (χ3n) is 0. The molecular formula is CdCrCuFeNiZn. The topological polar surface area (TPSA) is 0 Å². The molecule has 0 fully saturated rings. The fourth-order valence-electron chi connectivity index (χ4n) is 0. The van der Waals surface area contributed by atoms with Crippen LogP contribution in [-0.2, 0) is 115 Å². The van der Waals surface area contributed by atoms with E-state index in [0.717, 1.165) is 0 Å².